The fourth-order valence-corrected chi connectivity index (χ4v) is 2.52. The molecule has 112 valence electrons. The summed E-state index contributed by atoms with van der Waals surface area (Å²) in [4.78, 5) is 16.3. The maximum absolute atomic E-state index is 11.2. The van der Waals surface area contributed by atoms with E-state index in [9.17, 15) is 4.79 Å². The third kappa shape index (κ3) is 6.92. The Morgan fingerprint density at radius 1 is 1.11 bits per heavy atom. The molecule has 0 unspecified atom stereocenters. The van der Waals surface area contributed by atoms with Crippen molar-refractivity contribution in [2.75, 3.05) is 39.3 Å². The fourth-order valence-electron chi connectivity index (χ4n) is 2.52. The number of esters is 1. The van der Waals surface area contributed by atoms with E-state index >= 15 is 0 Å². The van der Waals surface area contributed by atoms with Crippen LogP contribution in [-0.4, -0.2) is 61.1 Å². The van der Waals surface area contributed by atoms with Gasteiger partial charge in [0, 0.05) is 38.6 Å². The summed E-state index contributed by atoms with van der Waals surface area (Å²) in [6.45, 7) is 12.8. The molecule has 0 aromatic rings. The van der Waals surface area contributed by atoms with Crippen molar-refractivity contribution in [1.29, 1.82) is 0 Å². The molecule has 0 bridgehead atoms. The van der Waals surface area contributed by atoms with Crippen molar-refractivity contribution in [2.24, 2.45) is 0 Å². The average molecular weight is 270 g/mol. The zero-order valence-corrected chi connectivity index (χ0v) is 12.9. The summed E-state index contributed by atoms with van der Waals surface area (Å²) >= 11 is 0. The maximum atomic E-state index is 11.2. The van der Waals surface area contributed by atoms with Gasteiger partial charge in [-0.15, -0.1) is 0 Å². The highest BCUT2D eigenvalue weighted by Gasteiger charge is 2.17. The van der Waals surface area contributed by atoms with Crippen LogP contribution in [0.1, 0.15) is 46.5 Å². The molecular formula is C15H30N2O2. The highest BCUT2D eigenvalue weighted by atomic mass is 16.5. The summed E-state index contributed by atoms with van der Waals surface area (Å²) in [6, 6.07) is 0.673. The highest BCUT2D eigenvalue weighted by molar-refractivity contribution is 5.69. The highest BCUT2D eigenvalue weighted by Crippen LogP contribution is 2.08. The van der Waals surface area contributed by atoms with Crippen LogP contribution in [0.25, 0.3) is 0 Å². The SMILES string of the molecule is CCOC(=O)CCCCCN1CCN(C(C)C)CC1. The molecule has 4 nitrogen and oxygen atoms in total. The molecule has 0 N–H and O–H groups in total. The van der Waals surface area contributed by atoms with Crippen LogP contribution in [0.3, 0.4) is 0 Å². The Kier molecular flexibility index (Phi) is 8.07. The zero-order valence-electron chi connectivity index (χ0n) is 12.9. The van der Waals surface area contributed by atoms with E-state index in [2.05, 4.69) is 23.6 Å². The van der Waals surface area contributed by atoms with Gasteiger partial charge >= 0.3 is 5.97 Å². The first kappa shape index (κ1) is 16.4. The molecule has 1 heterocycles. The van der Waals surface area contributed by atoms with Gasteiger partial charge in [-0.1, -0.05) is 6.42 Å². The molecule has 0 amide bonds. The Morgan fingerprint density at radius 2 is 1.79 bits per heavy atom. The summed E-state index contributed by atoms with van der Waals surface area (Å²) in [5.41, 5.74) is 0. The molecule has 19 heavy (non-hydrogen) atoms. The monoisotopic (exact) mass is 270 g/mol. The van der Waals surface area contributed by atoms with E-state index < -0.39 is 0 Å². The Balaban J connectivity index is 1.98. The average Bonchev–Trinajstić information content (AvgIpc) is 2.39. The molecule has 0 radical (unpaired) electrons. The molecule has 0 aliphatic carbocycles. The van der Waals surface area contributed by atoms with Crippen LogP contribution in [-0.2, 0) is 9.53 Å². The van der Waals surface area contributed by atoms with Crippen LogP contribution in [0.5, 0.6) is 0 Å². The van der Waals surface area contributed by atoms with E-state index in [-0.39, 0.29) is 5.97 Å². The number of ether oxygens (including phenoxy) is 1. The molecule has 0 spiro atoms. The fraction of sp³-hybridized carbons (Fsp3) is 0.933. The van der Waals surface area contributed by atoms with Crippen molar-refractivity contribution in [2.45, 2.75) is 52.5 Å². The number of carbonyl (C=O) groups is 1. The zero-order chi connectivity index (χ0) is 14.1. The summed E-state index contributed by atoms with van der Waals surface area (Å²) < 4.78 is 4.92. The van der Waals surface area contributed by atoms with Crippen molar-refractivity contribution >= 4 is 5.97 Å². The van der Waals surface area contributed by atoms with Gasteiger partial charge in [-0.3, -0.25) is 9.69 Å². The normalized spacial score (nSPS) is 17.9. The Morgan fingerprint density at radius 3 is 2.37 bits per heavy atom. The molecule has 1 aliphatic rings. The van der Waals surface area contributed by atoms with Gasteiger partial charge in [-0.25, -0.2) is 0 Å². The van der Waals surface area contributed by atoms with Crippen LogP contribution in [0.2, 0.25) is 0 Å². The molecule has 1 aliphatic heterocycles. The number of carbonyl (C=O) groups excluding carboxylic acids is 1. The van der Waals surface area contributed by atoms with Gasteiger partial charge in [-0.2, -0.15) is 0 Å². The molecule has 0 atom stereocenters. The molecule has 1 saturated heterocycles. The van der Waals surface area contributed by atoms with E-state index in [1.54, 1.807) is 0 Å². The third-order valence-corrected chi connectivity index (χ3v) is 3.80. The maximum Gasteiger partial charge on any atom is 0.305 e. The van der Waals surface area contributed by atoms with Crippen LogP contribution in [0.4, 0.5) is 0 Å². The van der Waals surface area contributed by atoms with Gasteiger partial charge in [0.2, 0.25) is 0 Å². The molecule has 4 heteroatoms. The minimum atomic E-state index is -0.0481. The first-order valence-electron chi connectivity index (χ1n) is 7.75. The number of hydrogen-bond donors (Lipinski definition) is 0. The minimum Gasteiger partial charge on any atom is -0.466 e. The predicted molar refractivity (Wildman–Crippen MR) is 78.3 cm³/mol. The van der Waals surface area contributed by atoms with Crippen LogP contribution < -0.4 is 0 Å². The first-order chi connectivity index (χ1) is 9.13. The second kappa shape index (κ2) is 9.32. The summed E-state index contributed by atoms with van der Waals surface area (Å²) in [7, 11) is 0. The van der Waals surface area contributed by atoms with Crippen molar-refractivity contribution < 1.29 is 9.53 Å². The Bertz CT molecular complexity index is 249. The largest absolute Gasteiger partial charge is 0.466 e. The number of unbranched alkanes of at least 4 members (excludes halogenated alkanes) is 2. The van der Waals surface area contributed by atoms with Gasteiger partial charge in [0.1, 0.15) is 0 Å². The standard InChI is InChI=1S/C15H30N2O2/c1-4-19-15(18)8-6-5-7-9-16-10-12-17(13-11-16)14(2)3/h14H,4-13H2,1-3H3. The number of rotatable bonds is 8. The third-order valence-electron chi connectivity index (χ3n) is 3.80. The molecule has 0 aromatic heterocycles. The first-order valence-corrected chi connectivity index (χ1v) is 7.75. The Hall–Kier alpha value is -0.610. The van der Waals surface area contributed by atoms with Crippen molar-refractivity contribution in [3.63, 3.8) is 0 Å². The van der Waals surface area contributed by atoms with Crippen molar-refractivity contribution in [3.05, 3.63) is 0 Å². The van der Waals surface area contributed by atoms with Crippen LogP contribution in [0.15, 0.2) is 0 Å². The second-order valence-electron chi connectivity index (χ2n) is 5.59. The molecular weight excluding hydrogens is 240 g/mol. The quantitative estimate of drug-likeness (QED) is 0.500. The predicted octanol–water partition coefficient (Wildman–Crippen LogP) is 2.14. The number of nitrogens with zero attached hydrogens (tertiary/aromatic N) is 2. The molecule has 0 aromatic carbocycles. The van der Waals surface area contributed by atoms with Crippen LogP contribution >= 0.6 is 0 Å². The van der Waals surface area contributed by atoms with E-state index in [0.29, 0.717) is 19.1 Å². The summed E-state index contributed by atoms with van der Waals surface area (Å²) in [5.74, 6) is -0.0481. The minimum absolute atomic E-state index is 0.0481. The van der Waals surface area contributed by atoms with Gasteiger partial charge in [0.05, 0.1) is 6.61 Å². The summed E-state index contributed by atoms with van der Waals surface area (Å²) in [5, 5.41) is 0. The molecule has 0 saturated carbocycles. The second-order valence-corrected chi connectivity index (χ2v) is 5.59. The lowest BCUT2D eigenvalue weighted by Crippen LogP contribution is -2.48. The lowest BCUT2D eigenvalue weighted by Gasteiger charge is -2.36. The van der Waals surface area contributed by atoms with E-state index in [4.69, 9.17) is 4.74 Å². The smallest absolute Gasteiger partial charge is 0.305 e. The van der Waals surface area contributed by atoms with Gasteiger partial charge < -0.3 is 9.64 Å². The van der Waals surface area contributed by atoms with E-state index in [0.717, 1.165) is 12.8 Å². The number of hydrogen-bond acceptors (Lipinski definition) is 4. The molecule has 1 fully saturated rings. The number of piperazine rings is 1. The summed E-state index contributed by atoms with van der Waals surface area (Å²) in [6.07, 6.45) is 3.87. The lowest BCUT2D eigenvalue weighted by molar-refractivity contribution is -0.143. The van der Waals surface area contributed by atoms with Gasteiger partial charge in [0.25, 0.3) is 0 Å². The molecule has 1 rings (SSSR count). The van der Waals surface area contributed by atoms with Crippen LogP contribution in [0, 0.1) is 0 Å². The van der Waals surface area contributed by atoms with Crippen molar-refractivity contribution in [3.8, 4) is 0 Å². The van der Waals surface area contributed by atoms with E-state index in [1.165, 1.54) is 39.1 Å². The van der Waals surface area contributed by atoms with Crippen molar-refractivity contribution in [1.82, 2.24) is 9.80 Å². The van der Waals surface area contributed by atoms with Gasteiger partial charge in [-0.05, 0) is 40.2 Å². The Labute approximate surface area is 118 Å². The lowest BCUT2D eigenvalue weighted by atomic mass is 10.1. The topological polar surface area (TPSA) is 32.8 Å². The van der Waals surface area contributed by atoms with Gasteiger partial charge in [0.15, 0.2) is 0 Å². The van der Waals surface area contributed by atoms with E-state index in [1.807, 2.05) is 6.92 Å².